The summed E-state index contributed by atoms with van der Waals surface area (Å²) >= 11 is 0. The molecule has 0 fully saturated rings. The Hall–Kier alpha value is -0.720. The highest BCUT2D eigenvalue weighted by molar-refractivity contribution is 4.86. The second-order valence-corrected chi connectivity index (χ2v) is 1.82. The molecule has 1 unspecified atom stereocenters. The molecule has 0 saturated carbocycles. The van der Waals surface area contributed by atoms with E-state index in [-0.39, 0.29) is 0 Å². The maximum Gasteiger partial charge on any atom is 0.0433 e. The predicted octanol–water partition coefficient (Wildman–Crippen LogP) is 1.64. The molecule has 0 saturated heterocycles. The van der Waals surface area contributed by atoms with Crippen LogP contribution in [-0.2, 0) is 0 Å². The van der Waals surface area contributed by atoms with E-state index in [9.17, 15) is 0 Å². The number of likely N-dealkylation sites (N-methyl/N-ethyl adjacent to an activating group) is 1. The third kappa shape index (κ3) is 1.82. The molecule has 0 aromatic carbocycles. The lowest BCUT2D eigenvalue weighted by atomic mass is 10.3. The Balaban J connectivity index is 3.60. The van der Waals surface area contributed by atoms with Gasteiger partial charge in [0, 0.05) is 13.1 Å². The van der Waals surface area contributed by atoms with Crippen LogP contribution in [0.1, 0.15) is 6.92 Å². The van der Waals surface area contributed by atoms with Crippen LogP contribution < -0.4 is 0 Å². The van der Waals surface area contributed by atoms with Gasteiger partial charge in [0.25, 0.3) is 0 Å². The van der Waals surface area contributed by atoms with E-state index in [1.165, 1.54) is 0 Å². The summed E-state index contributed by atoms with van der Waals surface area (Å²) in [4.78, 5) is 1.99. The first kappa shape index (κ1) is 7.28. The fourth-order valence-electron chi connectivity index (χ4n) is 0.333. The highest BCUT2D eigenvalue weighted by atomic mass is 15.1. The first-order chi connectivity index (χ1) is 3.72. The van der Waals surface area contributed by atoms with Gasteiger partial charge in [-0.2, -0.15) is 0 Å². The zero-order valence-electron chi connectivity index (χ0n) is 5.59. The molecule has 1 nitrogen and oxygen atoms in total. The molecule has 0 heterocycles. The molecule has 1 heteroatoms. The van der Waals surface area contributed by atoms with Crippen LogP contribution in [0.4, 0.5) is 0 Å². The molecule has 0 aliphatic heterocycles. The minimum Gasteiger partial charge on any atom is -0.375 e. The van der Waals surface area contributed by atoms with E-state index in [0.717, 1.165) is 0 Å². The van der Waals surface area contributed by atoms with Crippen LogP contribution in [0, 0.1) is 0 Å². The zero-order chi connectivity index (χ0) is 6.57. The summed E-state index contributed by atoms with van der Waals surface area (Å²) in [6.07, 6.45) is 3.66. The van der Waals surface area contributed by atoms with Gasteiger partial charge in [-0.3, -0.25) is 0 Å². The van der Waals surface area contributed by atoms with Crippen LogP contribution in [0.5, 0.6) is 0 Å². The van der Waals surface area contributed by atoms with E-state index in [2.05, 4.69) is 20.1 Å². The van der Waals surface area contributed by atoms with Gasteiger partial charge in [0.1, 0.15) is 0 Å². The summed E-state index contributed by atoms with van der Waals surface area (Å²) < 4.78 is 0. The van der Waals surface area contributed by atoms with Crippen LogP contribution in [0.15, 0.2) is 25.4 Å². The molecule has 0 radical (unpaired) electrons. The Morgan fingerprint density at radius 1 is 1.50 bits per heavy atom. The van der Waals surface area contributed by atoms with Gasteiger partial charge < -0.3 is 4.90 Å². The van der Waals surface area contributed by atoms with Crippen molar-refractivity contribution in [3.05, 3.63) is 25.4 Å². The Morgan fingerprint density at radius 2 is 2.00 bits per heavy atom. The number of hydrogen-bond donors (Lipinski definition) is 0. The Bertz CT molecular complexity index is 74.4. The Morgan fingerprint density at radius 3 is 2.12 bits per heavy atom. The van der Waals surface area contributed by atoms with Gasteiger partial charge in [-0.25, -0.2) is 0 Å². The molecular formula is C7H13N. The molecule has 0 amide bonds. The Kier molecular flexibility index (Phi) is 3.01. The van der Waals surface area contributed by atoms with Crippen molar-refractivity contribution < 1.29 is 0 Å². The first-order valence-electron chi connectivity index (χ1n) is 2.69. The van der Waals surface area contributed by atoms with Crippen LogP contribution in [-0.4, -0.2) is 18.0 Å². The summed E-state index contributed by atoms with van der Waals surface area (Å²) in [6.45, 7) is 9.31. The number of nitrogens with zero attached hydrogens (tertiary/aromatic N) is 1. The van der Waals surface area contributed by atoms with Crippen LogP contribution >= 0.6 is 0 Å². The lowest BCUT2D eigenvalue weighted by Crippen LogP contribution is -2.20. The summed E-state index contributed by atoms with van der Waals surface area (Å²) in [5.41, 5.74) is 0. The van der Waals surface area contributed by atoms with Crippen molar-refractivity contribution in [2.75, 3.05) is 7.05 Å². The van der Waals surface area contributed by atoms with Crippen molar-refractivity contribution in [2.24, 2.45) is 0 Å². The van der Waals surface area contributed by atoms with Crippen molar-refractivity contribution in [1.29, 1.82) is 0 Å². The predicted molar refractivity (Wildman–Crippen MR) is 37.6 cm³/mol. The largest absolute Gasteiger partial charge is 0.375 e. The maximum absolute atomic E-state index is 3.64. The first-order valence-corrected chi connectivity index (χ1v) is 2.69. The van der Waals surface area contributed by atoms with Gasteiger partial charge in [-0.1, -0.05) is 12.7 Å². The van der Waals surface area contributed by atoms with Crippen molar-refractivity contribution >= 4 is 0 Å². The van der Waals surface area contributed by atoms with Crippen molar-refractivity contribution in [3.63, 3.8) is 0 Å². The molecule has 0 bridgehead atoms. The Labute approximate surface area is 51.3 Å². The van der Waals surface area contributed by atoms with Crippen LogP contribution in [0.2, 0.25) is 0 Å². The third-order valence-electron chi connectivity index (χ3n) is 1.27. The molecule has 8 heavy (non-hydrogen) atoms. The highest BCUT2D eigenvalue weighted by Gasteiger charge is 1.94. The molecule has 1 atom stereocenters. The van der Waals surface area contributed by atoms with Crippen molar-refractivity contribution in [2.45, 2.75) is 13.0 Å². The number of hydrogen-bond acceptors (Lipinski definition) is 1. The van der Waals surface area contributed by atoms with E-state index in [4.69, 9.17) is 0 Å². The summed E-state index contributed by atoms with van der Waals surface area (Å²) in [6, 6.07) is 0.396. The summed E-state index contributed by atoms with van der Waals surface area (Å²) in [5.74, 6) is 0. The van der Waals surface area contributed by atoms with E-state index < -0.39 is 0 Å². The van der Waals surface area contributed by atoms with E-state index >= 15 is 0 Å². The van der Waals surface area contributed by atoms with E-state index in [1.54, 1.807) is 6.20 Å². The SMILES string of the molecule is C=CC(C)N(C)C=C. The lowest BCUT2D eigenvalue weighted by Gasteiger charge is -2.17. The molecular weight excluding hydrogens is 98.1 g/mol. The van der Waals surface area contributed by atoms with Crippen molar-refractivity contribution in [3.8, 4) is 0 Å². The average Bonchev–Trinajstić information content (AvgIpc) is 1.84. The third-order valence-corrected chi connectivity index (χ3v) is 1.27. The molecule has 0 aliphatic carbocycles. The zero-order valence-corrected chi connectivity index (χ0v) is 5.59. The monoisotopic (exact) mass is 111 g/mol. The highest BCUT2D eigenvalue weighted by Crippen LogP contribution is 1.93. The smallest absolute Gasteiger partial charge is 0.0433 e. The van der Waals surface area contributed by atoms with Gasteiger partial charge >= 0.3 is 0 Å². The minimum absolute atomic E-state index is 0.396. The van der Waals surface area contributed by atoms with Crippen molar-refractivity contribution in [1.82, 2.24) is 4.90 Å². The standard InChI is InChI=1S/C7H13N/c1-5-7(3)8(4)6-2/h5-7H,1-2H2,3-4H3. The molecule has 46 valence electrons. The summed E-state index contributed by atoms with van der Waals surface area (Å²) in [7, 11) is 1.97. The molecule has 0 aromatic rings. The molecule has 0 N–H and O–H groups in total. The molecule has 0 aliphatic rings. The van der Waals surface area contributed by atoms with Crippen LogP contribution in [0.3, 0.4) is 0 Å². The van der Waals surface area contributed by atoms with Crippen LogP contribution in [0.25, 0.3) is 0 Å². The topological polar surface area (TPSA) is 3.24 Å². The fraction of sp³-hybridized carbons (Fsp3) is 0.429. The van der Waals surface area contributed by atoms with Gasteiger partial charge in [0.15, 0.2) is 0 Å². The quantitative estimate of drug-likeness (QED) is 0.500. The van der Waals surface area contributed by atoms with Gasteiger partial charge in [0.2, 0.25) is 0 Å². The second kappa shape index (κ2) is 3.30. The molecule has 0 spiro atoms. The van der Waals surface area contributed by atoms with Gasteiger partial charge in [-0.05, 0) is 13.1 Å². The fourth-order valence-corrected chi connectivity index (χ4v) is 0.333. The van der Waals surface area contributed by atoms with E-state index in [0.29, 0.717) is 6.04 Å². The van der Waals surface area contributed by atoms with Gasteiger partial charge in [0.05, 0.1) is 0 Å². The average molecular weight is 111 g/mol. The minimum atomic E-state index is 0.396. The molecule has 0 aromatic heterocycles. The van der Waals surface area contributed by atoms with Gasteiger partial charge in [-0.15, -0.1) is 6.58 Å². The normalized spacial score (nSPS) is 12.2. The second-order valence-electron chi connectivity index (χ2n) is 1.82. The molecule has 0 rings (SSSR count). The number of rotatable bonds is 3. The maximum atomic E-state index is 3.64. The summed E-state index contributed by atoms with van der Waals surface area (Å²) in [5, 5.41) is 0. The van der Waals surface area contributed by atoms with E-state index in [1.807, 2.05) is 18.0 Å². The lowest BCUT2D eigenvalue weighted by molar-refractivity contribution is 0.409.